The number of hydrogen-bond acceptors (Lipinski definition) is 3. The third-order valence-electron chi connectivity index (χ3n) is 1.27. The van der Waals surface area contributed by atoms with Crippen molar-refractivity contribution in [1.82, 2.24) is 0 Å². The summed E-state index contributed by atoms with van der Waals surface area (Å²) >= 11 is 0. The average Bonchev–Trinajstić information content (AvgIpc) is 2.09. The van der Waals surface area contributed by atoms with Crippen molar-refractivity contribution in [2.75, 3.05) is 0 Å². The number of hydrogen-bond donors (Lipinski definition) is 1. The first-order chi connectivity index (χ1) is 6.50. The monoisotopic (exact) mass is 202 g/mol. The predicted octanol–water partition coefficient (Wildman–Crippen LogP) is 0.955. The maximum Gasteiger partial charge on any atom is 0.422 e. The molecular formula is C8H4F2O4. The number of carbonyl (C=O) groups excluding carboxylic acids is 1. The molecule has 0 heterocycles. The van der Waals surface area contributed by atoms with Crippen molar-refractivity contribution in [3.05, 3.63) is 29.8 Å². The highest BCUT2D eigenvalue weighted by molar-refractivity contribution is 6.29. The zero-order valence-corrected chi connectivity index (χ0v) is 6.66. The van der Waals surface area contributed by atoms with Crippen molar-refractivity contribution >= 4 is 11.9 Å². The smallest absolute Gasteiger partial charge is 0.422 e. The summed E-state index contributed by atoms with van der Waals surface area (Å²) < 4.78 is 29.2. The molecule has 0 unspecified atom stereocenters. The summed E-state index contributed by atoms with van der Waals surface area (Å²) in [5.41, 5.74) is 0. The molecule has 0 bridgehead atoms. The van der Waals surface area contributed by atoms with E-state index in [1.807, 2.05) is 0 Å². The first-order valence-corrected chi connectivity index (χ1v) is 3.41. The molecule has 1 aromatic rings. The summed E-state index contributed by atoms with van der Waals surface area (Å²) in [6.07, 6.45) is 0. The van der Waals surface area contributed by atoms with Crippen LogP contribution in [-0.2, 0) is 9.59 Å². The molecule has 0 spiro atoms. The number of rotatable bonds is 1. The van der Waals surface area contributed by atoms with Crippen molar-refractivity contribution in [3.8, 4) is 5.75 Å². The molecule has 0 fully saturated rings. The molecule has 14 heavy (non-hydrogen) atoms. The van der Waals surface area contributed by atoms with Crippen LogP contribution in [0.1, 0.15) is 0 Å². The first-order valence-electron chi connectivity index (χ1n) is 3.41. The largest absolute Gasteiger partial charge is 0.473 e. The van der Waals surface area contributed by atoms with Crippen LogP contribution in [0.3, 0.4) is 0 Å². The number of aliphatic carboxylic acids is 1. The molecule has 0 saturated carbocycles. The van der Waals surface area contributed by atoms with Crippen molar-refractivity contribution in [3.63, 3.8) is 0 Å². The third kappa shape index (κ3) is 2.25. The number of esters is 1. The van der Waals surface area contributed by atoms with E-state index in [9.17, 15) is 18.4 Å². The van der Waals surface area contributed by atoms with Crippen LogP contribution in [0.5, 0.6) is 5.75 Å². The van der Waals surface area contributed by atoms with Gasteiger partial charge in [-0.15, -0.1) is 0 Å². The van der Waals surface area contributed by atoms with Gasteiger partial charge >= 0.3 is 11.9 Å². The van der Waals surface area contributed by atoms with Gasteiger partial charge < -0.3 is 9.84 Å². The second kappa shape index (κ2) is 3.82. The van der Waals surface area contributed by atoms with E-state index >= 15 is 0 Å². The molecule has 1 aromatic carbocycles. The molecule has 1 rings (SSSR count). The zero-order chi connectivity index (χ0) is 10.7. The van der Waals surface area contributed by atoms with Gasteiger partial charge in [-0.25, -0.2) is 18.4 Å². The van der Waals surface area contributed by atoms with E-state index in [1.165, 1.54) is 0 Å². The van der Waals surface area contributed by atoms with Crippen LogP contribution in [-0.4, -0.2) is 17.0 Å². The van der Waals surface area contributed by atoms with Gasteiger partial charge in [0, 0.05) is 6.07 Å². The Morgan fingerprint density at radius 1 is 1.29 bits per heavy atom. The van der Waals surface area contributed by atoms with Crippen LogP contribution in [0.4, 0.5) is 8.78 Å². The molecule has 0 aromatic heterocycles. The van der Waals surface area contributed by atoms with Gasteiger partial charge in [-0.3, -0.25) is 0 Å². The highest BCUT2D eigenvalue weighted by Gasteiger charge is 2.16. The molecule has 0 atom stereocenters. The minimum atomic E-state index is -1.85. The van der Waals surface area contributed by atoms with Gasteiger partial charge in [-0.05, 0) is 12.1 Å². The lowest BCUT2D eigenvalue weighted by atomic mass is 10.3. The van der Waals surface area contributed by atoms with Gasteiger partial charge in [0.1, 0.15) is 5.82 Å². The first kappa shape index (κ1) is 10.1. The number of carboxylic acid groups (broad SMARTS) is 1. The van der Waals surface area contributed by atoms with Crippen LogP contribution in [0.2, 0.25) is 0 Å². The molecule has 1 N–H and O–H groups in total. The van der Waals surface area contributed by atoms with Crippen molar-refractivity contribution in [2.45, 2.75) is 0 Å². The van der Waals surface area contributed by atoms with Gasteiger partial charge in [0.25, 0.3) is 0 Å². The lowest BCUT2D eigenvalue weighted by molar-refractivity contribution is -0.158. The van der Waals surface area contributed by atoms with Crippen molar-refractivity contribution < 1.29 is 28.2 Å². The van der Waals surface area contributed by atoms with E-state index in [1.54, 1.807) is 0 Å². The fourth-order valence-electron chi connectivity index (χ4n) is 0.702. The Hall–Kier alpha value is -1.98. The Kier molecular flexibility index (Phi) is 2.76. The molecule has 0 amide bonds. The minimum Gasteiger partial charge on any atom is -0.473 e. The van der Waals surface area contributed by atoms with Gasteiger partial charge in [0.05, 0.1) is 0 Å². The molecule has 0 aliphatic heterocycles. The summed E-state index contributed by atoms with van der Waals surface area (Å²) in [6, 6.07) is 2.14. The molecule has 0 saturated heterocycles. The zero-order valence-electron chi connectivity index (χ0n) is 6.66. The Balaban J connectivity index is 2.87. The standard InChI is InChI=1S/C8H4F2O4/c9-4-1-2-6(5(10)3-4)14-8(13)7(11)12/h1-3H,(H,11,12). The van der Waals surface area contributed by atoms with Crippen LogP contribution in [0.15, 0.2) is 18.2 Å². The normalized spacial score (nSPS) is 9.57. The second-order valence-corrected chi connectivity index (χ2v) is 2.27. The second-order valence-electron chi connectivity index (χ2n) is 2.27. The van der Waals surface area contributed by atoms with Gasteiger partial charge in [0.15, 0.2) is 11.6 Å². The highest BCUT2D eigenvalue weighted by atomic mass is 19.1. The number of benzene rings is 1. The summed E-state index contributed by atoms with van der Waals surface area (Å²) in [5.74, 6) is -6.10. The van der Waals surface area contributed by atoms with Crippen molar-refractivity contribution in [2.24, 2.45) is 0 Å². The van der Waals surface area contributed by atoms with E-state index < -0.39 is 29.3 Å². The molecule has 0 aliphatic carbocycles. The Bertz CT molecular complexity index is 389. The predicted molar refractivity (Wildman–Crippen MR) is 39.6 cm³/mol. The number of halogens is 2. The molecule has 0 radical (unpaired) electrons. The molecular weight excluding hydrogens is 198 g/mol. The van der Waals surface area contributed by atoms with Crippen LogP contribution in [0, 0.1) is 11.6 Å². The Labute approximate surface area is 76.7 Å². The van der Waals surface area contributed by atoms with Crippen molar-refractivity contribution in [1.29, 1.82) is 0 Å². The van der Waals surface area contributed by atoms with Gasteiger partial charge in [-0.2, -0.15) is 0 Å². The number of carboxylic acids is 1. The Morgan fingerprint density at radius 2 is 1.93 bits per heavy atom. The molecule has 4 nitrogen and oxygen atoms in total. The van der Waals surface area contributed by atoms with E-state index in [-0.39, 0.29) is 0 Å². The SMILES string of the molecule is O=C(O)C(=O)Oc1ccc(F)cc1F. The lowest BCUT2D eigenvalue weighted by Gasteiger charge is -2.01. The molecule has 0 aliphatic rings. The van der Waals surface area contributed by atoms with E-state index in [0.717, 1.165) is 12.1 Å². The Morgan fingerprint density at radius 3 is 2.43 bits per heavy atom. The third-order valence-corrected chi connectivity index (χ3v) is 1.27. The quantitative estimate of drug-likeness (QED) is 0.418. The summed E-state index contributed by atoms with van der Waals surface area (Å²) in [7, 11) is 0. The van der Waals surface area contributed by atoms with E-state index in [2.05, 4.69) is 4.74 Å². The van der Waals surface area contributed by atoms with E-state index in [0.29, 0.717) is 6.07 Å². The average molecular weight is 202 g/mol. The lowest BCUT2D eigenvalue weighted by Crippen LogP contribution is -2.19. The van der Waals surface area contributed by atoms with Crippen LogP contribution < -0.4 is 4.74 Å². The maximum absolute atomic E-state index is 12.8. The number of carbonyl (C=O) groups is 2. The topological polar surface area (TPSA) is 63.6 Å². The highest BCUT2D eigenvalue weighted by Crippen LogP contribution is 2.17. The van der Waals surface area contributed by atoms with Crippen LogP contribution >= 0.6 is 0 Å². The summed E-state index contributed by atoms with van der Waals surface area (Å²) in [5, 5.41) is 8.12. The summed E-state index contributed by atoms with van der Waals surface area (Å²) in [6.45, 7) is 0. The van der Waals surface area contributed by atoms with Gasteiger partial charge in [-0.1, -0.05) is 0 Å². The minimum absolute atomic E-state index is 0.477. The maximum atomic E-state index is 12.8. The van der Waals surface area contributed by atoms with Crippen LogP contribution in [0.25, 0.3) is 0 Å². The van der Waals surface area contributed by atoms with Gasteiger partial charge in [0.2, 0.25) is 0 Å². The van der Waals surface area contributed by atoms with E-state index in [4.69, 9.17) is 5.11 Å². The molecule has 74 valence electrons. The fraction of sp³-hybridized carbons (Fsp3) is 0. The summed E-state index contributed by atoms with van der Waals surface area (Å²) in [4.78, 5) is 20.5. The number of ether oxygens (including phenoxy) is 1. The fourth-order valence-corrected chi connectivity index (χ4v) is 0.702. The molecule has 6 heteroatoms.